The van der Waals surface area contributed by atoms with Crippen LogP contribution in [0.3, 0.4) is 0 Å². The second kappa shape index (κ2) is 5.71. The molecule has 1 aromatic carbocycles. The summed E-state index contributed by atoms with van der Waals surface area (Å²) in [6.45, 7) is 4.35. The van der Waals surface area contributed by atoms with Crippen LogP contribution in [0, 0.1) is 5.82 Å². The van der Waals surface area contributed by atoms with Crippen molar-refractivity contribution in [1.82, 2.24) is 10.2 Å². The molecule has 18 heavy (non-hydrogen) atoms. The lowest BCUT2D eigenvalue weighted by Crippen LogP contribution is -2.40. The molecule has 0 saturated heterocycles. The topological polar surface area (TPSA) is 36.9 Å². The Balaban J connectivity index is 1.80. The zero-order valence-electron chi connectivity index (χ0n) is 10.7. The molecular weight excluding hydrogens is 233 g/mol. The van der Waals surface area contributed by atoms with Crippen LogP contribution in [0.1, 0.15) is 6.92 Å². The van der Waals surface area contributed by atoms with Crippen LogP contribution in [0.25, 0.3) is 0 Å². The molecular formula is C13H18FN3O. The molecule has 0 aliphatic carbocycles. The Labute approximate surface area is 106 Å². The van der Waals surface area contributed by atoms with Crippen LogP contribution < -0.4 is 10.1 Å². The van der Waals surface area contributed by atoms with Crippen molar-refractivity contribution in [2.45, 2.75) is 13.0 Å². The van der Waals surface area contributed by atoms with Gasteiger partial charge in [-0.15, -0.1) is 0 Å². The Bertz CT molecular complexity index is 436. The average Bonchev–Trinajstić information content (AvgIpc) is 2.72. The van der Waals surface area contributed by atoms with Gasteiger partial charge in [0, 0.05) is 19.7 Å². The molecule has 1 aliphatic heterocycles. The molecule has 0 bridgehead atoms. The molecule has 0 spiro atoms. The van der Waals surface area contributed by atoms with E-state index < -0.39 is 0 Å². The smallest absolute Gasteiger partial charge is 0.193 e. The van der Waals surface area contributed by atoms with E-state index in [4.69, 9.17) is 4.74 Å². The fourth-order valence-corrected chi connectivity index (χ4v) is 1.77. The summed E-state index contributed by atoms with van der Waals surface area (Å²) in [6, 6.07) is 6.17. The minimum atomic E-state index is -0.285. The highest BCUT2D eigenvalue weighted by molar-refractivity contribution is 5.81. The lowest BCUT2D eigenvalue weighted by Gasteiger charge is -2.19. The Kier molecular flexibility index (Phi) is 4.02. The second-order valence-electron chi connectivity index (χ2n) is 4.39. The number of halogens is 1. The van der Waals surface area contributed by atoms with Gasteiger partial charge in [0.05, 0.1) is 13.1 Å². The van der Waals surface area contributed by atoms with E-state index in [0.717, 1.165) is 19.0 Å². The van der Waals surface area contributed by atoms with Gasteiger partial charge in [0.2, 0.25) is 0 Å². The van der Waals surface area contributed by atoms with Crippen molar-refractivity contribution >= 4 is 5.96 Å². The predicted molar refractivity (Wildman–Crippen MR) is 69.4 cm³/mol. The first-order valence-corrected chi connectivity index (χ1v) is 6.07. The second-order valence-corrected chi connectivity index (χ2v) is 4.39. The van der Waals surface area contributed by atoms with Crippen molar-refractivity contribution in [3.8, 4) is 5.75 Å². The van der Waals surface area contributed by atoms with Crippen LogP contribution in [-0.2, 0) is 0 Å². The number of guanidine groups is 1. The molecule has 1 aromatic rings. The lowest BCUT2D eigenvalue weighted by molar-refractivity contribution is 0.222. The normalized spacial score (nSPS) is 16.4. The fraction of sp³-hybridized carbons (Fsp3) is 0.462. The highest BCUT2D eigenvalue weighted by Gasteiger charge is 2.13. The first-order valence-electron chi connectivity index (χ1n) is 6.07. The van der Waals surface area contributed by atoms with Crippen LogP contribution in [0.4, 0.5) is 4.39 Å². The monoisotopic (exact) mass is 251 g/mol. The number of hydrogen-bond donors (Lipinski definition) is 1. The molecule has 0 amide bonds. The summed E-state index contributed by atoms with van der Waals surface area (Å²) < 4.78 is 18.6. The minimum absolute atomic E-state index is 0.0523. The van der Waals surface area contributed by atoms with Gasteiger partial charge in [-0.2, -0.15) is 0 Å². The van der Waals surface area contributed by atoms with Crippen molar-refractivity contribution < 1.29 is 9.13 Å². The molecule has 5 heteroatoms. The van der Waals surface area contributed by atoms with Gasteiger partial charge in [-0.05, 0) is 19.1 Å². The summed E-state index contributed by atoms with van der Waals surface area (Å²) in [4.78, 5) is 6.39. The maximum atomic E-state index is 13.0. The largest absolute Gasteiger partial charge is 0.489 e. The number of ether oxygens (including phenoxy) is 1. The van der Waals surface area contributed by atoms with Crippen LogP contribution in [-0.4, -0.2) is 43.6 Å². The van der Waals surface area contributed by atoms with Gasteiger partial charge in [0.25, 0.3) is 0 Å². The molecule has 1 N–H and O–H groups in total. The third-order valence-corrected chi connectivity index (χ3v) is 2.74. The SMILES string of the molecule is CC(CNC1=NCCN1C)Oc1cccc(F)c1. The first kappa shape index (κ1) is 12.7. The molecule has 1 atom stereocenters. The molecule has 98 valence electrons. The molecule has 1 aliphatic rings. The van der Waals surface area contributed by atoms with E-state index in [1.54, 1.807) is 12.1 Å². The van der Waals surface area contributed by atoms with E-state index in [1.807, 2.05) is 14.0 Å². The van der Waals surface area contributed by atoms with Crippen molar-refractivity contribution in [1.29, 1.82) is 0 Å². The Morgan fingerprint density at radius 2 is 2.39 bits per heavy atom. The quantitative estimate of drug-likeness (QED) is 0.880. The number of rotatable bonds is 4. The molecule has 0 saturated carbocycles. The minimum Gasteiger partial charge on any atom is -0.489 e. The zero-order valence-corrected chi connectivity index (χ0v) is 10.7. The molecule has 0 aromatic heterocycles. The Morgan fingerprint density at radius 3 is 3.06 bits per heavy atom. The van der Waals surface area contributed by atoms with E-state index in [2.05, 4.69) is 15.2 Å². The van der Waals surface area contributed by atoms with Crippen LogP contribution in [0.15, 0.2) is 29.3 Å². The third kappa shape index (κ3) is 3.35. The molecule has 0 fully saturated rings. The van der Waals surface area contributed by atoms with Crippen LogP contribution in [0.5, 0.6) is 5.75 Å². The molecule has 1 heterocycles. The number of benzene rings is 1. The van der Waals surface area contributed by atoms with E-state index in [-0.39, 0.29) is 11.9 Å². The summed E-state index contributed by atoms with van der Waals surface area (Å²) in [6.07, 6.45) is -0.0523. The standard InChI is InChI=1S/C13H18FN3O/c1-10(9-16-13-15-6-7-17(13)2)18-12-5-3-4-11(14)8-12/h3-5,8,10H,6-7,9H2,1-2H3,(H,15,16). The van der Waals surface area contributed by atoms with E-state index >= 15 is 0 Å². The van der Waals surface area contributed by atoms with E-state index in [9.17, 15) is 4.39 Å². The number of aliphatic imine (C=N–C) groups is 1. The Morgan fingerprint density at radius 1 is 1.56 bits per heavy atom. The first-order chi connectivity index (χ1) is 8.65. The highest BCUT2D eigenvalue weighted by atomic mass is 19.1. The van der Waals surface area contributed by atoms with Gasteiger partial charge in [0.1, 0.15) is 17.7 Å². The summed E-state index contributed by atoms with van der Waals surface area (Å²) in [7, 11) is 2.00. The number of hydrogen-bond acceptors (Lipinski definition) is 4. The van der Waals surface area contributed by atoms with Gasteiger partial charge >= 0.3 is 0 Å². The predicted octanol–water partition coefficient (Wildman–Crippen LogP) is 1.48. The number of nitrogens with one attached hydrogen (secondary N) is 1. The fourth-order valence-electron chi connectivity index (χ4n) is 1.77. The summed E-state index contributed by atoms with van der Waals surface area (Å²) in [5, 5.41) is 3.22. The van der Waals surface area contributed by atoms with Gasteiger partial charge in [0.15, 0.2) is 5.96 Å². The highest BCUT2D eigenvalue weighted by Crippen LogP contribution is 2.13. The maximum absolute atomic E-state index is 13.0. The zero-order chi connectivity index (χ0) is 13.0. The van der Waals surface area contributed by atoms with E-state index in [0.29, 0.717) is 12.3 Å². The van der Waals surface area contributed by atoms with Crippen molar-refractivity contribution in [3.05, 3.63) is 30.1 Å². The average molecular weight is 251 g/mol. The van der Waals surface area contributed by atoms with Crippen molar-refractivity contribution in [2.75, 3.05) is 26.7 Å². The van der Waals surface area contributed by atoms with Crippen LogP contribution in [0.2, 0.25) is 0 Å². The summed E-state index contributed by atoms with van der Waals surface area (Å²) in [5.41, 5.74) is 0. The van der Waals surface area contributed by atoms with Crippen LogP contribution >= 0.6 is 0 Å². The Hall–Kier alpha value is -1.78. The van der Waals surface area contributed by atoms with Crippen molar-refractivity contribution in [2.24, 2.45) is 4.99 Å². The third-order valence-electron chi connectivity index (χ3n) is 2.74. The molecule has 2 rings (SSSR count). The van der Waals surface area contributed by atoms with Gasteiger partial charge in [-0.3, -0.25) is 4.99 Å². The number of nitrogens with zero attached hydrogens (tertiary/aromatic N) is 2. The molecule has 4 nitrogen and oxygen atoms in total. The number of likely N-dealkylation sites (N-methyl/N-ethyl adjacent to an activating group) is 1. The van der Waals surface area contributed by atoms with Gasteiger partial charge in [-0.1, -0.05) is 6.07 Å². The summed E-state index contributed by atoms with van der Waals surface area (Å²) in [5.74, 6) is 1.16. The van der Waals surface area contributed by atoms with E-state index in [1.165, 1.54) is 12.1 Å². The summed E-state index contributed by atoms with van der Waals surface area (Å²) >= 11 is 0. The molecule has 1 unspecified atom stereocenters. The van der Waals surface area contributed by atoms with Crippen molar-refractivity contribution in [3.63, 3.8) is 0 Å². The maximum Gasteiger partial charge on any atom is 0.193 e. The molecule has 0 radical (unpaired) electrons. The van der Waals surface area contributed by atoms with Gasteiger partial charge in [-0.25, -0.2) is 4.39 Å². The lowest BCUT2D eigenvalue weighted by atomic mass is 10.3. The van der Waals surface area contributed by atoms with Gasteiger partial charge < -0.3 is 15.0 Å².